The number of carbonyl (C=O) groups excluding carboxylic acids is 2. The van der Waals surface area contributed by atoms with Crippen LogP contribution in [0, 0.1) is 6.92 Å². The van der Waals surface area contributed by atoms with Gasteiger partial charge in [-0.05, 0) is 24.6 Å². The standard InChI is InChI=1S/C13H12ClN5O2/c1-7-2-3-8(14)4-9(7)17-11(20)5-10-12(21)18-13-15-6-16-19(10)13/h2-4,6,10H,5H2,1H3,(H,17,20)(H,15,16,18,21)/t10-/m1/s1. The number of nitrogens with zero attached hydrogens (tertiary/aromatic N) is 3. The monoisotopic (exact) mass is 305 g/mol. The fourth-order valence-corrected chi connectivity index (χ4v) is 2.33. The number of nitrogens with one attached hydrogen (secondary N) is 2. The fraction of sp³-hybridized carbons (Fsp3) is 0.231. The smallest absolute Gasteiger partial charge is 0.252 e. The van der Waals surface area contributed by atoms with Crippen molar-refractivity contribution in [3.05, 3.63) is 35.1 Å². The largest absolute Gasteiger partial charge is 0.326 e. The third-order valence-corrected chi connectivity index (χ3v) is 3.49. The first-order chi connectivity index (χ1) is 10.0. The number of carbonyl (C=O) groups is 2. The molecule has 21 heavy (non-hydrogen) atoms. The Labute approximate surface area is 125 Å². The molecule has 0 unspecified atom stereocenters. The average molecular weight is 306 g/mol. The average Bonchev–Trinajstić information content (AvgIpc) is 2.97. The van der Waals surface area contributed by atoms with Crippen LogP contribution >= 0.6 is 11.6 Å². The van der Waals surface area contributed by atoms with E-state index in [1.165, 1.54) is 11.0 Å². The summed E-state index contributed by atoms with van der Waals surface area (Å²) in [6, 6.07) is 4.56. The van der Waals surface area contributed by atoms with Gasteiger partial charge in [-0.25, -0.2) is 4.68 Å². The van der Waals surface area contributed by atoms with Crippen molar-refractivity contribution in [3.8, 4) is 0 Å². The van der Waals surface area contributed by atoms with Crippen molar-refractivity contribution in [2.75, 3.05) is 10.6 Å². The molecule has 1 aliphatic rings. The molecule has 1 atom stereocenters. The molecule has 1 aliphatic heterocycles. The quantitative estimate of drug-likeness (QED) is 0.904. The molecule has 8 heteroatoms. The molecule has 0 saturated carbocycles. The van der Waals surface area contributed by atoms with Crippen molar-refractivity contribution < 1.29 is 9.59 Å². The van der Waals surface area contributed by atoms with Gasteiger partial charge in [-0.15, -0.1) is 0 Å². The molecule has 0 fully saturated rings. The minimum atomic E-state index is -0.679. The molecule has 2 amide bonds. The van der Waals surface area contributed by atoms with E-state index in [0.717, 1.165) is 5.56 Å². The van der Waals surface area contributed by atoms with Gasteiger partial charge in [0.1, 0.15) is 12.4 Å². The Bertz CT molecular complexity index is 727. The summed E-state index contributed by atoms with van der Waals surface area (Å²) in [4.78, 5) is 27.8. The van der Waals surface area contributed by atoms with Crippen LogP contribution in [-0.2, 0) is 9.59 Å². The van der Waals surface area contributed by atoms with E-state index >= 15 is 0 Å². The van der Waals surface area contributed by atoms with Crippen molar-refractivity contribution in [2.24, 2.45) is 0 Å². The van der Waals surface area contributed by atoms with Gasteiger partial charge in [0.2, 0.25) is 11.9 Å². The third-order valence-electron chi connectivity index (χ3n) is 3.26. The fourth-order valence-electron chi connectivity index (χ4n) is 2.16. The topological polar surface area (TPSA) is 88.9 Å². The Balaban J connectivity index is 1.73. The summed E-state index contributed by atoms with van der Waals surface area (Å²) >= 11 is 5.91. The van der Waals surface area contributed by atoms with E-state index in [-0.39, 0.29) is 18.2 Å². The number of hydrogen-bond acceptors (Lipinski definition) is 4. The van der Waals surface area contributed by atoms with Gasteiger partial charge in [0.15, 0.2) is 0 Å². The summed E-state index contributed by atoms with van der Waals surface area (Å²) in [6.07, 6.45) is 1.31. The number of hydrogen-bond donors (Lipinski definition) is 2. The van der Waals surface area contributed by atoms with Crippen molar-refractivity contribution >= 4 is 35.1 Å². The molecule has 1 aromatic carbocycles. The highest BCUT2D eigenvalue weighted by Gasteiger charge is 2.33. The summed E-state index contributed by atoms with van der Waals surface area (Å²) < 4.78 is 1.41. The molecule has 0 radical (unpaired) electrons. The summed E-state index contributed by atoms with van der Waals surface area (Å²) in [6.45, 7) is 1.86. The van der Waals surface area contributed by atoms with Crippen LogP contribution in [0.4, 0.5) is 11.6 Å². The van der Waals surface area contributed by atoms with Crippen LogP contribution in [0.3, 0.4) is 0 Å². The summed E-state index contributed by atoms with van der Waals surface area (Å²) in [5.41, 5.74) is 1.52. The number of fused-ring (bicyclic) bond motifs is 1. The summed E-state index contributed by atoms with van der Waals surface area (Å²) in [7, 11) is 0. The maximum absolute atomic E-state index is 12.1. The van der Waals surface area contributed by atoms with E-state index in [1.54, 1.807) is 12.1 Å². The van der Waals surface area contributed by atoms with Crippen molar-refractivity contribution in [3.63, 3.8) is 0 Å². The number of benzene rings is 1. The van der Waals surface area contributed by atoms with E-state index < -0.39 is 6.04 Å². The minimum Gasteiger partial charge on any atom is -0.326 e. The Morgan fingerprint density at radius 1 is 1.52 bits per heavy atom. The second kappa shape index (κ2) is 5.17. The van der Waals surface area contributed by atoms with Crippen molar-refractivity contribution in [2.45, 2.75) is 19.4 Å². The van der Waals surface area contributed by atoms with Crippen LogP contribution in [0.1, 0.15) is 18.0 Å². The molecule has 7 nitrogen and oxygen atoms in total. The first-order valence-electron chi connectivity index (χ1n) is 6.31. The minimum absolute atomic E-state index is 0.0197. The van der Waals surface area contributed by atoms with Crippen molar-refractivity contribution in [1.29, 1.82) is 0 Å². The van der Waals surface area contributed by atoms with Gasteiger partial charge in [0, 0.05) is 10.7 Å². The molecule has 0 spiro atoms. The second-order valence-electron chi connectivity index (χ2n) is 4.74. The molecule has 2 aromatic rings. The van der Waals surface area contributed by atoms with Crippen LogP contribution in [0.15, 0.2) is 24.5 Å². The zero-order valence-electron chi connectivity index (χ0n) is 11.1. The Hall–Kier alpha value is -2.41. The van der Waals surface area contributed by atoms with Crippen LogP contribution in [0.2, 0.25) is 5.02 Å². The van der Waals surface area contributed by atoms with E-state index in [2.05, 4.69) is 20.7 Å². The highest BCUT2D eigenvalue weighted by molar-refractivity contribution is 6.31. The number of anilines is 2. The Morgan fingerprint density at radius 2 is 2.33 bits per heavy atom. The van der Waals surface area contributed by atoms with Crippen molar-refractivity contribution in [1.82, 2.24) is 14.8 Å². The SMILES string of the molecule is Cc1ccc(Cl)cc1NC(=O)C[C@@H]1C(=O)Nc2ncnn21. The Morgan fingerprint density at radius 3 is 3.14 bits per heavy atom. The van der Waals surface area contributed by atoms with Gasteiger partial charge in [-0.3, -0.25) is 14.9 Å². The van der Waals surface area contributed by atoms with E-state index in [4.69, 9.17) is 11.6 Å². The molecule has 2 N–H and O–H groups in total. The second-order valence-corrected chi connectivity index (χ2v) is 5.18. The molecule has 0 aliphatic carbocycles. The van der Waals surface area contributed by atoms with Gasteiger partial charge in [0.25, 0.3) is 5.91 Å². The zero-order valence-corrected chi connectivity index (χ0v) is 11.9. The van der Waals surface area contributed by atoms with Crippen LogP contribution in [0.5, 0.6) is 0 Å². The van der Waals surface area contributed by atoms with Gasteiger partial charge >= 0.3 is 0 Å². The van der Waals surface area contributed by atoms with E-state index in [0.29, 0.717) is 16.7 Å². The maximum atomic E-state index is 12.1. The Kier molecular flexibility index (Phi) is 3.34. The van der Waals surface area contributed by atoms with E-state index in [1.807, 2.05) is 13.0 Å². The third kappa shape index (κ3) is 2.59. The first kappa shape index (κ1) is 13.6. The highest BCUT2D eigenvalue weighted by Crippen LogP contribution is 2.25. The predicted octanol–water partition coefficient (Wildman–Crippen LogP) is 1.76. The molecule has 2 heterocycles. The lowest BCUT2D eigenvalue weighted by Crippen LogP contribution is -2.23. The van der Waals surface area contributed by atoms with Crippen LogP contribution < -0.4 is 10.6 Å². The normalized spacial score (nSPS) is 16.5. The zero-order chi connectivity index (χ0) is 15.0. The number of aromatic nitrogens is 3. The number of halogens is 1. The maximum Gasteiger partial charge on any atom is 0.252 e. The lowest BCUT2D eigenvalue weighted by atomic mass is 10.1. The number of rotatable bonds is 3. The first-order valence-corrected chi connectivity index (χ1v) is 6.69. The predicted molar refractivity (Wildman–Crippen MR) is 77.1 cm³/mol. The molecular formula is C13H12ClN5O2. The molecule has 3 rings (SSSR count). The summed E-state index contributed by atoms with van der Waals surface area (Å²) in [5, 5.41) is 9.80. The number of amides is 2. The molecule has 108 valence electrons. The molecule has 0 saturated heterocycles. The molecular weight excluding hydrogens is 294 g/mol. The van der Waals surface area contributed by atoms with Gasteiger partial charge in [-0.1, -0.05) is 17.7 Å². The van der Waals surface area contributed by atoms with Gasteiger partial charge in [-0.2, -0.15) is 10.1 Å². The lowest BCUT2D eigenvalue weighted by Gasteiger charge is -2.11. The van der Waals surface area contributed by atoms with Crippen LogP contribution in [0.25, 0.3) is 0 Å². The number of aryl methyl sites for hydroxylation is 1. The van der Waals surface area contributed by atoms with E-state index in [9.17, 15) is 9.59 Å². The summed E-state index contributed by atoms with van der Waals surface area (Å²) in [5.74, 6) is -0.218. The van der Waals surface area contributed by atoms with Gasteiger partial charge in [0.05, 0.1) is 6.42 Å². The molecule has 0 bridgehead atoms. The lowest BCUT2D eigenvalue weighted by molar-refractivity contribution is -0.123. The van der Waals surface area contributed by atoms with Crippen LogP contribution in [-0.4, -0.2) is 26.6 Å². The molecule has 1 aromatic heterocycles. The highest BCUT2D eigenvalue weighted by atomic mass is 35.5. The van der Waals surface area contributed by atoms with Gasteiger partial charge < -0.3 is 5.32 Å².